The zero-order chi connectivity index (χ0) is 15.1. The molecular formula is C16H24N2O2S. The van der Waals surface area contributed by atoms with Crippen molar-refractivity contribution in [1.29, 1.82) is 0 Å². The van der Waals surface area contributed by atoms with E-state index in [0.717, 1.165) is 25.0 Å². The number of carbonyl (C=O) groups excluding carboxylic acids is 1. The number of benzene rings is 1. The lowest BCUT2D eigenvalue weighted by Crippen LogP contribution is -2.33. The highest BCUT2D eigenvalue weighted by Gasteiger charge is 2.30. The van der Waals surface area contributed by atoms with Crippen LogP contribution in [0, 0.1) is 0 Å². The molecule has 0 saturated carbocycles. The van der Waals surface area contributed by atoms with Crippen molar-refractivity contribution in [2.75, 3.05) is 32.6 Å². The number of thioether (sulfide) groups is 1. The Morgan fingerprint density at radius 3 is 2.76 bits per heavy atom. The van der Waals surface area contributed by atoms with Crippen molar-refractivity contribution in [1.82, 2.24) is 10.2 Å². The highest BCUT2D eigenvalue weighted by Crippen LogP contribution is 2.24. The number of amides is 1. The number of unbranched alkanes of at least 4 members (excludes halogenated alkanes) is 1. The normalized spacial score (nSPS) is 18.5. The Hall–Kier alpha value is -1.04. The number of hydrogen-bond acceptors (Lipinski definition) is 4. The minimum Gasteiger partial charge on any atom is -0.380 e. The van der Waals surface area contributed by atoms with Gasteiger partial charge in [0.05, 0.1) is 13.2 Å². The molecule has 0 aliphatic carbocycles. The minimum atomic E-state index is -0.0248. The number of carbonyl (C=O) groups is 1. The second-order valence-corrected chi connectivity index (χ2v) is 5.99. The maximum absolute atomic E-state index is 12.0. The molecule has 0 spiro atoms. The van der Waals surface area contributed by atoms with Crippen LogP contribution in [0.4, 0.5) is 0 Å². The van der Waals surface area contributed by atoms with Crippen LogP contribution in [-0.2, 0) is 9.53 Å². The molecule has 1 aromatic carbocycles. The van der Waals surface area contributed by atoms with Gasteiger partial charge in [-0.1, -0.05) is 25.5 Å². The zero-order valence-corrected chi connectivity index (χ0v) is 13.6. The van der Waals surface area contributed by atoms with Gasteiger partial charge in [-0.2, -0.15) is 0 Å². The van der Waals surface area contributed by atoms with Gasteiger partial charge in [-0.3, -0.25) is 10.1 Å². The standard InChI is InChI=1S/C16H24N2O2S/c1-3-4-10-20-11-9-18-15(19)12-17-16(18)13-5-7-14(21-2)8-6-13/h5-8,16-17H,3-4,9-12H2,1-2H3. The van der Waals surface area contributed by atoms with E-state index in [0.29, 0.717) is 19.7 Å². The van der Waals surface area contributed by atoms with Crippen molar-refractivity contribution < 1.29 is 9.53 Å². The molecule has 1 amide bonds. The molecule has 0 bridgehead atoms. The molecule has 1 atom stereocenters. The second kappa shape index (κ2) is 8.41. The molecule has 1 aliphatic rings. The summed E-state index contributed by atoms with van der Waals surface area (Å²) in [4.78, 5) is 15.1. The summed E-state index contributed by atoms with van der Waals surface area (Å²) in [6.45, 7) is 4.58. The molecule has 1 unspecified atom stereocenters. The molecule has 1 N–H and O–H groups in total. The minimum absolute atomic E-state index is 0.0248. The van der Waals surface area contributed by atoms with Gasteiger partial charge in [0.2, 0.25) is 5.91 Å². The van der Waals surface area contributed by atoms with Crippen LogP contribution in [0.25, 0.3) is 0 Å². The van der Waals surface area contributed by atoms with Gasteiger partial charge in [0, 0.05) is 18.0 Å². The van der Waals surface area contributed by atoms with Crippen LogP contribution in [0.5, 0.6) is 0 Å². The van der Waals surface area contributed by atoms with Crippen molar-refractivity contribution >= 4 is 17.7 Å². The van der Waals surface area contributed by atoms with Gasteiger partial charge in [0.15, 0.2) is 0 Å². The molecule has 0 aromatic heterocycles. The topological polar surface area (TPSA) is 41.6 Å². The first-order valence-electron chi connectivity index (χ1n) is 7.50. The maximum Gasteiger partial charge on any atom is 0.238 e. The molecule has 1 aliphatic heterocycles. The van der Waals surface area contributed by atoms with Crippen LogP contribution in [0.2, 0.25) is 0 Å². The summed E-state index contributed by atoms with van der Waals surface area (Å²) in [5.41, 5.74) is 1.13. The largest absolute Gasteiger partial charge is 0.380 e. The van der Waals surface area contributed by atoms with Crippen molar-refractivity contribution in [3.8, 4) is 0 Å². The Balaban J connectivity index is 1.92. The van der Waals surface area contributed by atoms with Gasteiger partial charge in [-0.25, -0.2) is 0 Å². The lowest BCUT2D eigenvalue weighted by atomic mass is 10.1. The summed E-state index contributed by atoms with van der Waals surface area (Å²) >= 11 is 1.72. The van der Waals surface area contributed by atoms with E-state index < -0.39 is 0 Å². The highest BCUT2D eigenvalue weighted by molar-refractivity contribution is 7.98. The molecule has 2 rings (SSSR count). The van der Waals surface area contributed by atoms with E-state index in [9.17, 15) is 4.79 Å². The van der Waals surface area contributed by atoms with Crippen LogP contribution in [-0.4, -0.2) is 43.4 Å². The molecule has 116 valence electrons. The van der Waals surface area contributed by atoms with Crippen molar-refractivity contribution in [3.63, 3.8) is 0 Å². The van der Waals surface area contributed by atoms with Gasteiger partial charge >= 0.3 is 0 Å². The van der Waals surface area contributed by atoms with Crippen LogP contribution < -0.4 is 5.32 Å². The predicted molar refractivity (Wildman–Crippen MR) is 86.4 cm³/mol. The summed E-state index contributed by atoms with van der Waals surface area (Å²) in [6.07, 6.45) is 4.25. The average molecular weight is 308 g/mol. The molecule has 1 heterocycles. The Bertz CT molecular complexity index is 450. The molecule has 0 radical (unpaired) electrons. The fraction of sp³-hybridized carbons (Fsp3) is 0.562. The Kier molecular flexibility index (Phi) is 6.54. The number of nitrogens with one attached hydrogen (secondary N) is 1. The van der Waals surface area contributed by atoms with E-state index in [1.807, 2.05) is 4.90 Å². The third kappa shape index (κ3) is 4.46. The summed E-state index contributed by atoms with van der Waals surface area (Å²) in [6, 6.07) is 8.38. The quantitative estimate of drug-likeness (QED) is 0.592. The summed E-state index contributed by atoms with van der Waals surface area (Å²) in [5.74, 6) is 0.146. The molecule has 21 heavy (non-hydrogen) atoms. The Morgan fingerprint density at radius 1 is 1.33 bits per heavy atom. The molecule has 1 saturated heterocycles. The smallest absolute Gasteiger partial charge is 0.238 e. The molecule has 1 fully saturated rings. The first-order valence-corrected chi connectivity index (χ1v) is 8.73. The highest BCUT2D eigenvalue weighted by atomic mass is 32.2. The number of ether oxygens (including phenoxy) is 1. The third-order valence-electron chi connectivity index (χ3n) is 3.63. The first-order chi connectivity index (χ1) is 10.3. The van der Waals surface area contributed by atoms with E-state index in [2.05, 4.69) is 42.8 Å². The van der Waals surface area contributed by atoms with E-state index >= 15 is 0 Å². The van der Waals surface area contributed by atoms with Gasteiger partial charge in [0.1, 0.15) is 6.17 Å². The Morgan fingerprint density at radius 2 is 2.10 bits per heavy atom. The molecule has 4 nitrogen and oxygen atoms in total. The number of nitrogens with zero attached hydrogens (tertiary/aromatic N) is 1. The fourth-order valence-electron chi connectivity index (χ4n) is 2.39. The van der Waals surface area contributed by atoms with E-state index in [4.69, 9.17) is 4.74 Å². The Labute approximate surface area is 131 Å². The number of hydrogen-bond donors (Lipinski definition) is 1. The monoisotopic (exact) mass is 308 g/mol. The van der Waals surface area contributed by atoms with Gasteiger partial charge in [0.25, 0.3) is 0 Å². The predicted octanol–water partition coefficient (Wildman–Crippen LogP) is 2.66. The van der Waals surface area contributed by atoms with Crippen molar-refractivity contribution in [3.05, 3.63) is 29.8 Å². The lowest BCUT2D eigenvalue weighted by molar-refractivity contribution is -0.128. The van der Waals surface area contributed by atoms with E-state index in [1.165, 1.54) is 4.90 Å². The van der Waals surface area contributed by atoms with Gasteiger partial charge in [-0.15, -0.1) is 11.8 Å². The third-order valence-corrected chi connectivity index (χ3v) is 4.37. The van der Waals surface area contributed by atoms with E-state index in [-0.39, 0.29) is 12.1 Å². The van der Waals surface area contributed by atoms with Crippen LogP contribution in [0.3, 0.4) is 0 Å². The van der Waals surface area contributed by atoms with E-state index in [1.54, 1.807) is 11.8 Å². The zero-order valence-electron chi connectivity index (χ0n) is 12.8. The van der Waals surface area contributed by atoms with Crippen molar-refractivity contribution in [2.24, 2.45) is 0 Å². The first kappa shape index (κ1) is 16.3. The summed E-state index contributed by atoms with van der Waals surface area (Å²) in [7, 11) is 0. The molecule has 1 aromatic rings. The summed E-state index contributed by atoms with van der Waals surface area (Å²) < 4.78 is 5.58. The summed E-state index contributed by atoms with van der Waals surface area (Å²) in [5, 5.41) is 3.28. The van der Waals surface area contributed by atoms with Crippen LogP contribution in [0.1, 0.15) is 31.5 Å². The molecular weight excluding hydrogens is 284 g/mol. The maximum atomic E-state index is 12.0. The van der Waals surface area contributed by atoms with Crippen LogP contribution >= 0.6 is 11.8 Å². The lowest BCUT2D eigenvalue weighted by Gasteiger charge is -2.24. The SMILES string of the molecule is CCCCOCCN1C(=O)CNC1c1ccc(SC)cc1. The number of rotatable bonds is 8. The average Bonchev–Trinajstić information content (AvgIpc) is 2.88. The second-order valence-electron chi connectivity index (χ2n) is 5.11. The van der Waals surface area contributed by atoms with Gasteiger partial charge < -0.3 is 9.64 Å². The van der Waals surface area contributed by atoms with Crippen LogP contribution in [0.15, 0.2) is 29.2 Å². The fourth-order valence-corrected chi connectivity index (χ4v) is 2.80. The van der Waals surface area contributed by atoms with Crippen molar-refractivity contribution in [2.45, 2.75) is 30.8 Å². The van der Waals surface area contributed by atoms with Gasteiger partial charge in [-0.05, 0) is 30.4 Å². The molecule has 5 heteroatoms.